The molecule has 1 N–H and O–H groups in total. The van der Waals surface area contributed by atoms with E-state index in [4.69, 9.17) is 14.6 Å². The second kappa shape index (κ2) is 6.08. The van der Waals surface area contributed by atoms with E-state index in [1.54, 1.807) is 33.4 Å². The molecule has 0 aliphatic rings. The van der Waals surface area contributed by atoms with Crippen LogP contribution in [0.25, 0.3) is 0 Å². The van der Waals surface area contributed by atoms with Crippen LogP contribution in [0.5, 0.6) is 11.6 Å². The molecule has 1 rings (SSSR count). The average molecular weight is 239 g/mol. The zero-order chi connectivity index (χ0) is 12.8. The lowest BCUT2D eigenvalue weighted by molar-refractivity contribution is -0.141. The lowest BCUT2D eigenvalue weighted by Gasteiger charge is -2.11. The number of ether oxygens (including phenoxy) is 2. The van der Waals surface area contributed by atoms with Gasteiger partial charge in [-0.2, -0.15) is 0 Å². The van der Waals surface area contributed by atoms with Crippen LogP contribution in [0, 0.1) is 5.92 Å². The summed E-state index contributed by atoms with van der Waals surface area (Å²) >= 11 is 0. The molecule has 0 spiro atoms. The van der Waals surface area contributed by atoms with Gasteiger partial charge in [-0.25, -0.2) is 4.98 Å². The minimum absolute atomic E-state index is 0.376. The van der Waals surface area contributed by atoms with E-state index in [2.05, 4.69) is 4.98 Å². The van der Waals surface area contributed by atoms with Gasteiger partial charge in [0.05, 0.1) is 26.3 Å². The quantitative estimate of drug-likeness (QED) is 0.819. The van der Waals surface area contributed by atoms with Crippen molar-refractivity contribution in [3.05, 3.63) is 17.8 Å². The number of carboxylic acids is 1. The van der Waals surface area contributed by atoms with E-state index in [0.717, 1.165) is 5.56 Å². The summed E-state index contributed by atoms with van der Waals surface area (Å²) in [5.74, 6) is -0.00368. The Labute approximate surface area is 100 Å². The van der Waals surface area contributed by atoms with Crippen molar-refractivity contribution in [3.8, 4) is 11.6 Å². The summed E-state index contributed by atoms with van der Waals surface area (Å²) in [6.45, 7) is 1.69. The van der Waals surface area contributed by atoms with E-state index in [-0.39, 0.29) is 5.92 Å². The SMILES string of the molecule is COc1cc(CCC(C)C(=O)O)c(OC)cn1. The van der Waals surface area contributed by atoms with Crippen LogP contribution in [0.4, 0.5) is 0 Å². The first kappa shape index (κ1) is 13.3. The number of nitrogens with zero attached hydrogens (tertiary/aromatic N) is 1. The third-order valence-corrected chi connectivity index (χ3v) is 2.62. The summed E-state index contributed by atoms with van der Waals surface area (Å²) in [6.07, 6.45) is 2.76. The van der Waals surface area contributed by atoms with Gasteiger partial charge in [0.2, 0.25) is 5.88 Å². The van der Waals surface area contributed by atoms with Crippen molar-refractivity contribution < 1.29 is 19.4 Å². The van der Waals surface area contributed by atoms with Crippen LogP contribution in [0.15, 0.2) is 12.3 Å². The van der Waals surface area contributed by atoms with Gasteiger partial charge in [-0.3, -0.25) is 4.79 Å². The zero-order valence-electron chi connectivity index (χ0n) is 10.3. The van der Waals surface area contributed by atoms with Crippen molar-refractivity contribution >= 4 is 5.97 Å². The van der Waals surface area contributed by atoms with Crippen LogP contribution >= 0.6 is 0 Å². The fourth-order valence-electron chi connectivity index (χ4n) is 1.45. The normalized spacial score (nSPS) is 11.9. The Hall–Kier alpha value is -1.78. The summed E-state index contributed by atoms with van der Waals surface area (Å²) in [5.41, 5.74) is 0.910. The van der Waals surface area contributed by atoms with E-state index in [9.17, 15) is 4.79 Å². The van der Waals surface area contributed by atoms with Crippen LogP contribution in [0.3, 0.4) is 0 Å². The molecular weight excluding hydrogens is 222 g/mol. The summed E-state index contributed by atoms with van der Waals surface area (Å²) in [5, 5.41) is 8.82. The number of rotatable bonds is 6. The topological polar surface area (TPSA) is 68.7 Å². The largest absolute Gasteiger partial charge is 0.495 e. The molecule has 0 bridgehead atoms. The van der Waals surface area contributed by atoms with Crippen molar-refractivity contribution in [1.29, 1.82) is 0 Å². The molecule has 0 fully saturated rings. The first-order chi connectivity index (χ1) is 8.08. The predicted molar refractivity (Wildman–Crippen MR) is 62.5 cm³/mol. The molecule has 5 heteroatoms. The number of hydrogen-bond acceptors (Lipinski definition) is 4. The fourth-order valence-corrected chi connectivity index (χ4v) is 1.45. The van der Waals surface area contributed by atoms with Gasteiger partial charge in [0.25, 0.3) is 0 Å². The first-order valence-electron chi connectivity index (χ1n) is 5.38. The number of aliphatic carboxylic acids is 1. The molecule has 0 aliphatic heterocycles. The molecule has 5 nitrogen and oxygen atoms in total. The average Bonchev–Trinajstić information content (AvgIpc) is 2.35. The summed E-state index contributed by atoms with van der Waals surface area (Å²) in [4.78, 5) is 14.8. The molecule has 17 heavy (non-hydrogen) atoms. The Balaban J connectivity index is 2.77. The molecule has 0 aromatic carbocycles. The maximum absolute atomic E-state index is 10.7. The molecule has 0 aliphatic carbocycles. The first-order valence-corrected chi connectivity index (χ1v) is 5.38. The third-order valence-electron chi connectivity index (χ3n) is 2.62. The van der Waals surface area contributed by atoms with Gasteiger partial charge in [0.15, 0.2) is 0 Å². The minimum Gasteiger partial charge on any atom is -0.495 e. The van der Waals surface area contributed by atoms with Crippen molar-refractivity contribution in [1.82, 2.24) is 4.98 Å². The van der Waals surface area contributed by atoms with Crippen LogP contribution in [0.2, 0.25) is 0 Å². The summed E-state index contributed by atoms with van der Waals surface area (Å²) in [6, 6.07) is 1.77. The van der Waals surface area contributed by atoms with Crippen LogP contribution < -0.4 is 9.47 Å². The molecule has 0 saturated carbocycles. The van der Waals surface area contributed by atoms with E-state index >= 15 is 0 Å². The van der Waals surface area contributed by atoms with Crippen molar-refractivity contribution in [2.45, 2.75) is 19.8 Å². The standard InChI is InChI=1S/C12H17NO4/c1-8(12(14)15)4-5-9-6-11(17-3)13-7-10(9)16-2/h6-8H,4-5H2,1-3H3,(H,14,15). The number of aromatic nitrogens is 1. The van der Waals surface area contributed by atoms with Gasteiger partial charge in [0, 0.05) is 11.6 Å². The van der Waals surface area contributed by atoms with Gasteiger partial charge >= 0.3 is 5.97 Å². The molecule has 1 heterocycles. The number of carbonyl (C=O) groups is 1. The summed E-state index contributed by atoms with van der Waals surface area (Å²) in [7, 11) is 3.10. The zero-order valence-corrected chi connectivity index (χ0v) is 10.3. The second-order valence-electron chi connectivity index (χ2n) is 3.82. The van der Waals surface area contributed by atoms with Gasteiger partial charge in [-0.05, 0) is 12.8 Å². The molecule has 0 amide bonds. The van der Waals surface area contributed by atoms with Gasteiger partial charge < -0.3 is 14.6 Å². The second-order valence-corrected chi connectivity index (χ2v) is 3.82. The van der Waals surface area contributed by atoms with Gasteiger partial charge in [0.1, 0.15) is 5.75 Å². The molecular formula is C12H17NO4. The predicted octanol–water partition coefficient (Wildman–Crippen LogP) is 1.75. The molecule has 1 aromatic heterocycles. The molecule has 0 saturated heterocycles. The highest BCUT2D eigenvalue weighted by Crippen LogP contribution is 2.23. The lowest BCUT2D eigenvalue weighted by atomic mass is 10.0. The highest BCUT2D eigenvalue weighted by atomic mass is 16.5. The van der Waals surface area contributed by atoms with E-state index in [1.807, 2.05) is 0 Å². The Kier molecular flexibility index (Phi) is 4.75. The van der Waals surface area contributed by atoms with Crippen LogP contribution in [0.1, 0.15) is 18.9 Å². The highest BCUT2D eigenvalue weighted by molar-refractivity contribution is 5.69. The summed E-state index contributed by atoms with van der Waals surface area (Å²) < 4.78 is 10.2. The number of pyridine rings is 1. The number of carboxylic acid groups (broad SMARTS) is 1. The molecule has 94 valence electrons. The maximum atomic E-state index is 10.7. The molecule has 1 aromatic rings. The number of hydrogen-bond donors (Lipinski definition) is 1. The van der Waals surface area contributed by atoms with Crippen molar-refractivity contribution in [3.63, 3.8) is 0 Å². The molecule has 0 radical (unpaired) electrons. The molecule has 1 atom stereocenters. The number of aryl methyl sites for hydroxylation is 1. The monoisotopic (exact) mass is 239 g/mol. The smallest absolute Gasteiger partial charge is 0.306 e. The minimum atomic E-state index is -0.787. The Morgan fingerprint density at radius 3 is 2.71 bits per heavy atom. The maximum Gasteiger partial charge on any atom is 0.306 e. The van der Waals surface area contributed by atoms with Crippen LogP contribution in [-0.2, 0) is 11.2 Å². The lowest BCUT2D eigenvalue weighted by Crippen LogP contribution is -2.10. The van der Waals surface area contributed by atoms with E-state index in [1.165, 1.54) is 0 Å². The Morgan fingerprint density at radius 1 is 1.47 bits per heavy atom. The Morgan fingerprint density at radius 2 is 2.18 bits per heavy atom. The van der Waals surface area contributed by atoms with Gasteiger partial charge in [-0.1, -0.05) is 6.92 Å². The van der Waals surface area contributed by atoms with Crippen molar-refractivity contribution in [2.24, 2.45) is 5.92 Å². The van der Waals surface area contributed by atoms with Crippen LogP contribution in [-0.4, -0.2) is 30.3 Å². The fraction of sp³-hybridized carbons (Fsp3) is 0.500. The van der Waals surface area contributed by atoms with Crippen molar-refractivity contribution in [2.75, 3.05) is 14.2 Å². The third kappa shape index (κ3) is 3.62. The number of methoxy groups -OCH3 is 2. The van der Waals surface area contributed by atoms with E-state index in [0.29, 0.717) is 24.5 Å². The van der Waals surface area contributed by atoms with E-state index < -0.39 is 5.97 Å². The Bertz CT molecular complexity index is 392. The molecule has 1 unspecified atom stereocenters. The highest BCUT2D eigenvalue weighted by Gasteiger charge is 2.13. The van der Waals surface area contributed by atoms with Gasteiger partial charge in [-0.15, -0.1) is 0 Å².